The van der Waals surface area contributed by atoms with Crippen LogP contribution in [-0.4, -0.2) is 50.8 Å². The van der Waals surface area contributed by atoms with Crippen LogP contribution >= 0.6 is 0 Å². The van der Waals surface area contributed by atoms with E-state index in [9.17, 15) is 18.0 Å². The van der Waals surface area contributed by atoms with Crippen LogP contribution in [0, 0.1) is 0 Å². The van der Waals surface area contributed by atoms with Crippen molar-refractivity contribution in [3.8, 4) is 5.75 Å². The predicted octanol–water partition coefficient (Wildman–Crippen LogP) is 3.01. The molecular weight excluding hydrogens is 446 g/mol. The largest absolute Gasteiger partial charge is 0.492 e. The van der Waals surface area contributed by atoms with E-state index in [1.54, 1.807) is 25.1 Å². The van der Waals surface area contributed by atoms with E-state index >= 15 is 0 Å². The Morgan fingerprint density at radius 3 is 2.67 bits per heavy atom. The molecule has 2 aromatic rings. The van der Waals surface area contributed by atoms with Crippen LogP contribution in [0.4, 0.5) is 5.69 Å². The van der Waals surface area contributed by atoms with Crippen LogP contribution in [0.2, 0.25) is 0 Å². The Labute approximate surface area is 193 Å². The van der Waals surface area contributed by atoms with Crippen molar-refractivity contribution in [3.63, 3.8) is 0 Å². The molecule has 0 spiro atoms. The topological polar surface area (TPSA) is 118 Å². The summed E-state index contributed by atoms with van der Waals surface area (Å²) in [5, 5.41) is 5.33. The number of rotatable bonds is 10. The van der Waals surface area contributed by atoms with Crippen molar-refractivity contribution in [1.82, 2.24) is 9.62 Å². The number of anilines is 1. The van der Waals surface area contributed by atoms with Gasteiger partial charge in [-0.25, -0.2) is 8.42 Å². The van der Waals surface area contributed by atoms with Crippen LogP contribution in [0.1, 0.15) is 38.4 Å². The molecule has 0 unspecified atom stereocenters. The molecule has 2 amide bonds. The quantitative estimate of drug-likeness (QED) is 0.510. The molecule has 9 nitrogen and oxygen atoms in total. The Bertz CT molecular complexity index is 1070. The summed E-state index contributed by atoms with van der Waals surface area (Å²) in [6, 6.07) is 7.91. The summed E-state index contributed by atoms with van der Waals surface area (Å²) in [6.45, 7) is 3.26. The third kappa shape index (κ3) is 6.93. The van der Waals surface area contributed by atoms with Crippen molar-refractivity contribution in [2.75, 3.05) is 31.6 Å². The Morgan fingerprint density at radius 1 is 1.18 bits per heavy atom. The van der Waals surface area contributed by atoms with E-state index in [1.165, 1.54) is 34.9 Å². The fraction of sp³-hybridized carbons (Fsp3) is 0.391. The smallest absolute Gasteiger partial charge is 0.244 e. The van der Waals surface area contributed by atoms with Gasteiger partial charge in [-0.15, -0.1) is 0 Å². The van der Waals surface area contributed by atoms with Crippen LogP contribution < -0.4 is 15.4 Å². The second kappa shape index (κ2) is 11.7. The van der Waals surface area contributed by atoms with Crippen LogP contribution in [0.3, 0.4) is 0 Å². The second-order valence-corrected chi connectivity index (χ2v) is 9.43. The number of amides is 2. The van der Waals surface area contributed by atoms with Gasteiger partial charge in [0.25, 0.3) is 0 Å². The molecule has 1 fully saturated rings. The summed E-state index contributed by atoms with van der Waals surface area (Å²) in [4.78, 5) is 24.4. The number of hydrogen-bond donors (Lipinski definition) is 2. The van der Waals surface area contributed by atoms with E-state index in [-0.39, 0.29) is 35.4 Å². The molecule has 0 bridgehead atoms. The molecule has 0 atom stereocenters. The van der Waals surface area contributed by atoms with Gasteiger partial charge in [0, 0.05) is 32.1 Å². The molecule has 2 heterocycles. The average Bonchev–Trinajstić information content (AvgIpc) is 3.33. The van der Waals surface area contributed by atoms with Crippen molar-refractivity contribution in [3.05, 3.63) is 48.4 Å². The molecule has 0 radical (unpaired) electrons. The van der Waals surface area contributed by atoms with Crippen molar-refractivity contribution in [2.45, 2.75) is 37.5 Å². The van der Waals surface area contributed by atoms with E-state index in [2.05, 4.69) is 10.6 Å². The monoisotopic (exact) mass is 475 g/mol. The molecule has 3 rings (SSSR count). The van der Waals surface area contributed by atoms with Crippen LogP contribution in [0.5, 0.6) is 5.75 Å². The number of nitrogens with one attached hydrogen (secondary N) is 2. The highest BCUT2D eigenvalue weighted by atomic mass is 32.2. The highest BCUT2D eigenvalue weighted by molar-refractivity contribution is 7.89. The molecule has 0 aliphatic carbocycles. The zero-order valence-electron chi connectivity index (χ0n) is 18.6. The lowest BCUT2D eigenvalue weighted by Crippen LogP contribution is -2.35. The lowest BCUT2D eigenvalue weighted by Gasteiger charge is -2.26. The maximum Gasteiger partial charge on any atom is 0.244 e. The minimum absolute atomic E-state index is 0.00893. The number of ether oxygens (including phenoxy) is 1. The van der Waals surface area contributed by atoms with E-state index in [0.717, 1.165) is 19.3 Å². The highest BCUT2D eigenvalue weighted by Crippen LogP contribution is 2.30. The van der Waals surface area contributed by atoms with E-state index in [4.69, 9.17) is 9.15 Å². The zero-order valence-corrected chi connectivity index (χ0v) is 19.4. The fourth-order valence-electron chi connectivity index (χ4n) is 3.42. The summed E-state index contributed by atoms with van der Waals surface area (Å²) < 4.78 is 38.1. The van der Waals surface area contributed by atoms with Gasteiger partial charge in [-0.05, 0) is 56.2 Å². The van der Waals surface area contributed by atoms with Gasteiger partial charge in [-0.3, -0.25) is 9.59 Å². The third-order valence-electron chi connectivity index (χ3n) is 5.07. The van der Waals surface area contributed by atoms with Gasteiger partial charge >= 0.3 is 0 Å². The molecule has 1 aliphatic rings. The third-order valence-corrected chi connectivity index (χ3v) is 6.97. The Balaban J connectivity index is 1.61. The van der Waals surface area contributed by atoms with E-state index in [0.29, 0.717) is 31.2 Å². The van der Waals surface area contributed by atoms with Crippen molar-refractivity contribution < 1.29 is 27.2 Å². The minimum Gasteiger partial charge on any atom is -0.492 e. The Hall–Kier alpha value is -3.11. The SMILES string of the molecule is CCOc1ccc(S(=O)(=O)N2CCCCC2)cc1NC(=O)CCNC(=O)/C=C/c1ccco1. The first-order valence-corrected chi connectivity index (χ1v) is 12.4. The minimum atomic E-state index is -3.65. The number of nitrogens with zero attached hydrogens (tertiary/aromatic N) is 1. The first kappa shape index (κ1) is 24.5. The first-order valence-electron chi connectivity index (χ1n) is 11.0. The normalized spacial score (nSPS) is 14.8. The maximum absolute atomic E-state index is 13.0. The predicted molar refractivity (Wildman–Crippen MR) is 124 cm³/mol. The summed E-state index contributed by atoms with van der Waals surface area (Å²) >= 11 is 0. The number of piperidine rings is 1. The number of hydrogen-bond acceptors (Lipinski definition) is 6. The summed E-state index contributed by atoms with van der Waals surface area (Å²) in [7, 11) is -3.65. The van der Waals surface area contributed by atoms with E-state index < -0.39 is 10.0 Å². The molecule has 1 aromatic heterocycles. The Kier molecular flexibility index (Phi) is 8.67. The Morgan fingerprint density at radius 2 is 1.97 bits per heavy atom. The number of sulfonamides is 1. The standard InChI is InChI=1S/C23H29N3O6S/c1-2-31-21-10-9-19(33(29,30)26-14-4-3-5-15-26)17-20(21)25-23(28)12-13-24-22(27)11-8-18-7-6-16-32-18/h6-11,16-17H,2-5,12-15H2,1H3,(H,24,27)(H,25,28)/b11-8+. The molecule has 0 saturated carbocycles. The van der Waals surface area contributed by atoms with Crippen LogP contribution in [-0.2, 0) is 19.6 Å². The fourth-order valence-corrected chi connectivity index (χ4v) is 4.96. The van der Waals surface area contributed by atoms with Crippen molar-refractivity contribution in [1.29, 1.82) is 0 Å². The highest BCUT2D eigenvalue weighted by Gasteiger charge is 2.27. The second-order valence-electron chi connectivity index (χ2n) is 7.49. The number of carbonyl (C=O) groups is 2. The summed E-state index contributed by atoms with van der Waals surface area (Å²) in [5.74, 6) is 0.196. The van der Waals surface area contributed by atoms with Crippen molar-refractivity contribution >= 4 is 33.6 Å². The maximum atomic E-state index is 13.0. The van der Waals surface area contributed by atoms with E-state index in [1.807, 2.05) is 0 Å². The molecule has 10 heteroatoms. The molecular formula is C23H29N3O6S. The lowest BCUT2D eigenvalue weighted by molar-refractivity contribution is -0.117. The molecule has 2 N–H and O–H groups in total. The molecule has 1 saturated heterocycles. The molecule has 1 aromatic carbocycles. The number of furan rings is 1. The number of benzene rings is 1. The first-order chi connectivity index (χ1) is 15.9. The molecule has 1 aliphatic heterocycles. The van der Waals surface area contributed by atoms with Crippen molar-refractivity contribution in [2.24, 2.45) is 0 Å². The summed E-state index contributed by atoms with van der Waals surface area (Å²) in [5.41, 5.74) is 0.281. The molecule has 178 valence electrons. The van der Waals surface area contributed by atoms with Gasteiger partial charge in [0.2, 0.25) is 21.8 Å². The number of carbonyl (C=O) groups excluding carboxylic acids is 2. The van der Waals surface area contributed by atoms with Gasteiger partial charge in [0.1, 0.15) is 11.5 Å². The zero-order chi connectivity index (χ0) is 23.7. The van der Waals surface area contributed by atoms with Gasteiger partial charge < -0.3 is 19.8 Å². The molecule has 33 heavy (non-hydrogen) atoms. The van der Waals surface area contributed by atoms with Gasteiger partial charge in [-0.1, -0.05) is 6.42 Å². The van der Waals surface area contributed by atoms with Crippen LogP contribution in [0.25, 0.3) is 6.08 Å². The van der Waals surface area contributed by atoms with Gasteiger partial charge in [-0.2, -0.15) is 4.31 Å². The van der Waals surface area contributed by atoms with Crippen LogP contribution in [0.15, 0.2) is 52.0 Å². The lowest BCUT2D eigenvalue weighted by atomic mass is 10.2. The summed E-state index contributed by atoms with van der Waals surface area (Å²) in [6.07, 6.45) is 7.05. The average molecular weight is 476 g/mol. The van der Waals surface area contributed by atoms with Gasteiger partial charge in [0.05, 0.1) is 23.5 Å². The van der Waals surface area contributed by atoms with Gasteiger partial charge in [0.15, 0.2) is 0 Å².